The molecule has 1 aliphatic rings. The molecule has 1 aromatic rings. The van der Waals surface area contributed by atoms with Gasteiger partial charge in [-0.2, -0.15) is 0 Å². The highest BCUT2D eigenvalue weighted by Gasteiger charge is 2.19. The first-order valence-corrected chi connectivity index (χ1v) is 8.15. The maximum absolute atomic E-state index is 6.15. The van der Waals surface area contributed by atoms with Crippen molar-refractivity contribution in [2.75, 3.05) is 26.7 Å². The number of aromatic nitrogens is 1. The smallest absolute Gasteiger partial charge is 0.214 e. The van der Waals surface area contributed by atoms with Crippen LogP contribution in [0.4, 0.5) is 0 Å². The van der Waals surface area contributed by atoms with E-state index < -0.39 is 0 Å². The molecule has 2 heterocycles. The predicted octanol–water partition coefficient (Wildman–Crippen LogP) is 2.79. The van der Waals surface area contributed by atoms with Crippen LogP contribution in [0.15, 0.2) is 12.1 Å². The summed E-state index contributed by atoms with van der Waals surface area (Å²) in [4.78, 5) is 7.05. The average Bonchev–Trinajstić information content (AvgIpc) is 2.47. The fourth-order valence-electron chi connectivity index (χ4n) is 2.58. The molecule has 1 saturated heterocycles. The molecule has 0 bridgehead atoms. The molecule has 1 aromatic heterocycles. The van der Waals surface area contributed by atoms with E-state index in [1.807, 2.05) is 0 Å². The summed E-state index contributed by atoms with van der Waals surface area (Å²) < 4.78 is 6.15. The summed E-state index contributed by atoms with van der Waals surface area (Å²) in [6, 6.07) is 4.28. The van der Waals surface area contributed by atoms with Crippen LogP contribution in [0, 0.1) is 0 Å². The molecule has 0 radical (unpaired) electrons. The van der Waals surface area contributed by atoms with Gasteiger partial charge in [-0.25, -0.2) is 4.98 Å². The third kappa shape index (κ3) is 4.97. The maximum Gasteiger partial charge on any atom is 0.214 e. The largest absolute Gasteiger partial charge is 0.474 e. The van der Waals surface area contributed by atoms with Gasteiger partial charge in [-0.15, -0.1) is 0 Å². The first-order valence-electron chi connectivity index (χ1n) is 8.15. The Kier molecular flexibility index (Phi) is 6.00. The van der Waals surface area contributed by atoms with Gasteiger partial charge in [-0.3, -0.25) is 0 Å². The molecule has 0 spiro atoms. The second-order valence-corrected chi connectivity index (χ2v) is 6.29. The molecule has 0 unspecified atom stereocenters. The third-order valence-corrected chi connectivity index (χ3v) is 4.01. The van der Waals surface area contributed by atoms with Gasteiger partial charge in [0.2, 0.25) is 5.88 Å². The van der Waals surface area contributed by atoms with Crippen molar-refractivity contribution in [1.29, 1.82) is 0 Å². The van der Waals surface area contributed by atoms with Crippen LogP contribution in [0.5, 0.6) is 5.88 Å². The molecule has 1 N–H and O–H groups in total. The molecule has 1 fully saturated rings. The molecule has 21 heavy (non-hydrogen) atoms. The van der Waals surface area contributed by atoms with Crippen LogP contribution >= 0.6 is 0 Å². The van der Waals surface area contributed by atoms with Crippen LogP contribution < -0.4 is 10.1 Å². The Bertz CT molecular complexity index is 440. The second kappa shape index (κ2) is 7.76. The Labute approximate surface area is 128 Å². The molecule has 1 aliphatic heterocycles. The topological polar surface area (TPSA) is 37.4 Å². The van der Waals surface area contributed by atoms with E-state index in [0.29, 0.717) is 12.0 Å². The van der Waals surface area contributed by atoms with Crippen molar-refractivity contribution in [3.63, 3.8) is 0 Å². The highest BCUT2D eigenvalue weighted by Crippen LogP contribution is 2.22. The molecule has 0 saturated carbocycles. The first kappa shape index (κ1) is 16.2. The monoisotopic (exact) mass is 291 g/mol. The zero-order valence-electron chi connectivity index (χ0n) is 13.9. The number of nitrogens with zero attached hydrogens (tertiary/aromatic N) is 2. The first-order chi connectivity index (χ1) is 10.1. The van der Waals surface area contributed by atoms with Crippen molar-refractivity contribution in [2.24, 2.45) is 0 Å². The lowest BCUT2D eigenvalue weighted by Crippen LogP contribution is -2.35. The normalized spacial score (nSPS) is 17.4. The summed E-state index contributed by atoms with van der Waals surface area (Å²) in [6.07, 6.45) is 2.49. The summed E-state index contributed by atoms with van der Waals surface area (Å²) in [6.45, 7) is 10.6. The summed E-state index contributed by atoms with van der Waals surface area (Å²) in [5.74, 6) is 1.22. The average molecular weight is 291 g/mol. The number of likely N-dealkylation sites (tertiary alicyclic amines) is 1. The van der Waals surface area contributed by atoms with E-state index in [9.17, 15) is 0 Å². The molecule has 0 atom stereocenters. The van der Waals surface area contributed by atoms with Gasteiger partial charge in [-0.05, 0) is 44.0 Å². The quantitative estimate of drug-likeness (QED) is 0.874. The number of hydrogen-bond acceptors (Lipinski definition) is 4. The van der Waals surface area contributed by atoms with Gasteiger partial charge >= 0.3 is 0 Å². The van der Waals surface area contributed by atoms with Crippen molar-refractivity contribution >= 4 is 0 Å². The molecule has 0 amide bonds. The molecular weight excluding hydrogens is 262 g/mol. The Morgan fingerprint density at radius 1 is 1.33 bits per heavy atom. The molecule has 0 aliphatic carbocycles. The standard InChI is InChI=1S/C17H29N3O/c1-5-18-12-14-10-16(13(2)3)19-17(11-14)21-15-6-8-20(4)9-7-15/h10-11,13,15,18H,5-9,12H2,1-4H3. The Morgan fingerprint density at radius 2 is 2.05 bits per heavy atom. The maximum atomic E-state index is 6.15. The van der Waals surface area contributed by atoms with Gasteiger partial charge in [0, 0.05) is 31.4 Å². The minimum atomic E-state index is 0.308. The molecule has 4 nitrogen and oxygen atoms in total. The fourth-order valence-corrected chi connectivity index (χ4v) is 2.58. The zero-order chi connectivity index (χ0) is 15.2. The third-order valence-electron chi connectivity index (χ3n) is 4.01. The number of piperidine rings is 1. The van der Waals surface area contributed by atoms with Crippen molar-refractivity contribution in [1.82, 2.24) is 15.2 Å². The lowest BCUT2D eigenvalue weighted by atomic mass is 10.1. The van der Waals surface area contributed by atoms with Crippen molar-refractivity contribution in [2.45, 2.75) is 52.2 Å². The van der Waals surface area contributed by atoms with E-state index in [1.54, 1.807) is 0 Å². The SMILES string of the molecule is CCNCc1cc(OC2CCN(C)CC2)nc(C(C)C)c1. The second-order valence-electron chi connectivity index (χ2n) is 6.29. The minimum Gasteiger partial charge on any atom is -0.474 e. The number of ether oxygens (including phenoxy) is 1. The van der Waals surface area contributed by atoms with E-state index in [1.165, 1.54) is 5.56 Å². The van der Waals surface area contributed by atoms with E-state index >= 15 is 0 Å². The molecule has 0 aromatic carbocycles. The number of pyridine rings is 1. The summed E-state index contributed by atoms with van der Waals surface area (Å²) in [7, 11) is 2.17. The lowest BCUT2D eigenvalue weighted by Gasteiger charge is -2.29. The van der Waals surface area contributed by atoms with Gasteiger partial charge in [0.1, 0.15) is 6.10 Å². The van der Waals surface area contributed by atoms with Crippen LogP contribution in [0.1, 0.15) is 50.8 Å². The molecular formula is C17H29N3O. The van der Waals surface area contributed by atoms with Crippen molar-refractivity contribution < 1.29 is 4.74 Å². The number of hydrogen-bond donors (Lipinski definition) is 1. The minimum absolute atomic E-state index is 0.308. The summed E-state index contributed by atoms with van der Waals surface area (Å²) >= 11 is 0. The lowest BCUT2D eigenvalue weighted by molar-refractivity contribution is 0.109. The van der Waals surface area contributed by atoms with Gasteiger partial charge in [0.25, 0.3) is 0 Å². The van der Waals surface area contributed by atoms with Gasteiger partial charge in [-0.1, -0.05) is 20.8 Å². The van der Waals surface area contributed by atoms with E-state index in [4.69, 9.17) is 9.72 Å². The summed E-state index contributed by atoms with van der Waals surface area (Å²) in [5.41, 5.74) is 2.38. The Hall–Kier alpha value is -1.13. The van der Waals surface area contributed by atoms with E-state index in [0.717, 1.165) is 50.6 Å². The van der Waals surface area contributed by atoms with Gasteiger partial charge < -0.3 is 15.0 Å². The number of nitrogens with one attached hydrogen (secondary N) is 1. The molecule has 118 valence electrons. The zero-order valence-corrected chi connectivity index (χ0v) is 13.9. The van der Waals surface area contributed by atoms with Gasteiger partial charge in [0.15, 0.2) is 0 Å². The van der Waals surface area contributed by atoms with Crippen molar-refractivity contribution in [3.8, 4) is 5.88 Å². The van der Waals surface area contributed by atoms with E-state index in [2.05, 4.69) is 50.2 Å². The Morgan fingerprint density at radius 3 is 2.67 bits per heavy atom. The number of rotatable bonds is 6. The van der Waals surface area contributed by atoms with Crippen LogP contribution in [0.25, 0.3) is 0 Å². The van der Waals surface area contributed by atoms with Crippen LogP contribution in [0.2, 0.25) is 0 Å². The highest BCUT2D eigenvalue weighted by molar-refractivity contribution is 5.27. The fraction of sp³-hybridized carbons (Fsp3) is 0.706. The van der Waals surface area contributed by atoms with Crippen LogP contribution in [-0.4, -0.2) is 42.7 Å². The van der Waals surface area contributed by atoms with Gasteiger partial charge in [0.05, 0.1) is 0 Å². The van der Waals surface area contributed by atoms with E-state index in [-0.39, 0.29) is 0 Å². The molecule has 2 rings (SSSR count). The van der Waals surface area contributed by atoms with Crippen LogP contribution in [-0.2, 0) is 6.54 Å². The summed E-state index contributed by atoms with van der Waals surface area (Å²) in [5, 5.41) is 3.38. The van der Waals surface area contributed by atoms with Crippen molar-refractivity contribution in [3.05, 3.63) is 23.4 Å². The highest BCUT2D eigenvalue weighted by atomic mass is 16.5. The predicted molar refractivity (Wildman–Crippen MR) is 86.9 cm³/mol. The Balaban J connectivity index is 2.07. The van der Waals surface area contributed by atoms with Crippen LogP contribution in [0.3, 0.4) is 0 Å². The molecule has 4 heteroatoms.